The molecule has 2 aliphatic rings. The van der Waals surface area contributed by atoms with Gasteiger partial charge in [-0.1, -0.05) is 19.9 Å². The standard InChI is InChI=1S/C12H18N2O/c1-4-5-8-11-9(14-13-8)6-12(2,3)7-10(11)15/h4-5,9,11,14H,6-7H2,1-3H3. The summed E-state index contributed by atoms with van der Waals surface area (Å²) in [5, 5.41) is 4.24. The van der Waals surface area contributed by atoms with Gasteiger partial charge in [-0.25, -0.2) is 0 Å². The Bertz CT molecular complexity index is 342. The minimum Gasteiger partial charge on any atom is -0.306 e. The second kappa shape index (κ2) is 3.47. The normalized spacial score (nSPS) is 33.8. The van der Waals surface area contributed by atoms with E-state index in [1.807, 2.05) is 19.1 Å². The molecule has 0 saturated heterocycles. The van der Waals surface area contributed by atoms with Crippen molar-refractivity contribution in [2.75, 3.05) is 0 Å². The van der Waals surface area contributed by atoms with Crippen molar-refractivity contribution in [2.45, 2.75) is 39.7 Å². The Morgan fingerprint density at radius 3 is 2.93 bits per heavy atom. The van der Waals surface area contributed by atoms with Gasteiger partial charge in [0.2, 0.25) is 0 Å². The van der Waals surface area contributed by atoms with E-state index < -0.39 is 0 Å². The lowest BCUT2D eigenvalue weighted by Gasteiger charge is -2.35. The largest absolute Gasteiger partial charge is 0.306 e. The quantitative estimate of drug-likeness (QED) is 0.712. The number of Topliss-reactive ketones (excluding diaryl/α,β-unsaturated/α-hetero) is 1. The molecule has 2 atom stereocenters. The second-order valence-electron chi connectivity index (χ2n) is 5.26. The summed E-state index contributed by atoms with van der Waals surface area (Å²) in [4.78, 5) is 12.0. The van der Waals surface area contributed by atoms with Crippen LogP contribution in [-0.2, 0) is 4.79 Å². The van der Waals surface area contributed by atoms with Gasteiger partial charge in [0.25, 0.3) is 0 Å². The summed E-state index contributed by atoms with van der Waals surface area (Å²) in [6.07, 6.45) is 5.57. The molecule has 1 fully saturated rings. The molecule has 1 heterocycles. The number of nitrogens with one attached hydrogen (secondary N) is 1. The Kier molecular flexibility index (Phi) is 2.41. The van der Waals surface area contributed by atoms with Gasteiger partial charge < -0.3 is 5.43 Å². The van der Waals surface area contributed by atoms with E-state index in [1.54, 1.807) is 0 Å². The average molecular weight is 206 g/mol. The zero-order valence-electron chi connectivity index (χ0n) is 9.58. The Balaban J connectivity index is 2.21. The van der Waals surface area contributed by atoms with Gasteiger partial charge in [-0.15, -0.1) is 0 Å². The summed E-state index contributed by atoms with van der Waals surface area (Å²) in [5.41, 5.74) is 4.12. The van der Waals surface area contributed by atoms with Crippen LogP contribution in [0.25, 0.3) is 0 Å². The Hall–Kier alpha value is -1.12. The number of hydrogen-bond acceptors (Lipinski definition) is 3. The first-order valence-corrected chi connectivity index (χ1v) is 5.52. The molecule has 1 N–H and O–H groups in total. The van der Waals surface area contributed by atoms with E-state index in [2.05, 4.69) is 24.4 Å². The van der Waals surface area contributed by atoms with Crippen LogP contribution in [0.1, 0.15) is 33.6 Å². The maximum atomic E-state index is 12.0. The van der Waals surface area contributed by atoms with Crippen LogP contribution in [0.3, 0.4) is 0 Å². The van der Waals surface area contributed by atoms with Crippen molar-refractivity contribution >= 4 is 11.5 Å². The number of hydrazone groups is 1. The molecule has 0 radical (unpaired) electrons. The van der Waals surface area contributed by atoms with Gasteiger partial charge in [0, 0.05) is 6.42 Å². The minimum atomic E-state index is -0.00535. The molecule has 3 heteroatoms. The Morgan fingerprint density at radius 1 is 1.53 bits per heavy atom. The summed E-state index contributed by atoms with van der Waals surface area (Å²) >= 11 is 0. The summed E-state index contributed by atoms with van der Waals surface area (Å²) in [6, 6.07) is 0.215. The van der Waals surface area contributed by atoms with Crippen LogP contribution in [0, 0.1) is 11.3 Å². The molecule has 2 unspecified atom stereocenters. The van der Waals surface area contributed by atoms with Crippen molar-refractivity contribution in [1.82, 2.24) is 5.43 Å². The fourth-order valence-electron chi connectivity index (χ4n) is 2.62. The van der Waals surface area contributed by atoms with Crippen molar-refractivity contribution in [3.63, 3.8) is 0 Å². The molecular weight excluding hydrogens is 188 g/mol. The Morgan fingerprint density at radius 2 is 2.27 bits per heavy atom. The number of carbonyl (C=O) groups excluding carboxylic acids is 1. The van der Waals surface area contributed by atoms with E-state index in [0.717, 1.165) is 12.1 Å². The summed E-state index contributed by atoms with van der Waals surface area (Å²) in [5.74, 6) is 0.326. The van der Waals surface area contributed by atoms with Crippen molar-refractivity contribution in [1.29, 1.82) is 0 Å². The van der Waals surface area contributed by atoms with Crippen LogP contribution >= 0.6 is 0 Å². The van der Waals surface area contributed by atoms with Crippen LogP contribution in [-0.4, -0.2) is 17.5 Å². The molecule has 0 amide bonds. The molecule has 1 aliphatic carbocycles. The lowest BCUT2D eigenvalue weighted by atomic mass is 9.69. The molecule has 0 aromatic heterocycles. The van der Waals surface area contributed by atoms with Crippen LogP contribution in [0.15, 0.2) is 17.3 Å². The number of allylic oxidation sites excluding steroid dienone is 2. The van der Waals surface area contributed by atoms with Gasteiger partial charge in [-0.3, -0.25) is 4.79 Å². The van der Waals surface area contributed by atoms with E-state index >= 15 is 0 Å². The molecule has 15 heavy (non-hydrogen) atoms. The van der Waals surface area contributed by atoms with Gasteiger partial charge in [-0.2, -0.15) is 5.10 Å². The summed E-state index contributed by atoms with van der Waals surface area (Å²) in [7, 11) is 0. The van der Waals surface area contributed by atoms with Crippen molar-refractivity contribution in [3.8, 4) is 0 Å². The van der Waals surface area contributed by atoms with E-state index in [9.17, 15) is 4.79 Å². The fraction of sp³-hybridized carbons (Fsp3) is 0.667. The predicted molar refractivity (Wildman–Crippen MR) is 60.7 cm³/mol. The molecular formula is C12H18N2O. The molecule has 82 valence electrons. The molecule has 0 aromatic rings. The van der Waals surface area contributed by atoms with E-state index in [-0.39, 0.29) is 17.4 Å². The molecule has 0 bridgehead atoms. The van der Waals surface area contributed by atoms with Crippen molar-refractivity contribution < 1.29 is 4.79 Å². The number of rotatable bonds is 1. The van der Waals surface area contributed by atoms with Crippen molar-refractivity contribution in [3.05, 3.63) is 12.2 Å². The zero-order valence-corrected chi connectivity index (χ0v) is 9.58. The first-order valence-electron chi connectivity index (χ1n) is 5.52. The lowest BCUT2D eigenvalue weighted by molar-refractivity contribution is -0.126. The Labute approximate surface area is 90.6 Å². The monoisotopic (exact) mass is 206 g/mol. The maximum Gasteiger partial charge on any atom is 0.144 e. The van der Waals surface area contributed by atoms with E-state index in [1.165, 1.54) is 0 Å². The van der Waals surface area contributed by atoms with E-state index in [4.69, 9.17) is 0 Å². The van der Waals surface area contributed by atoms with Crippen molar-refractivity contribution in [2.24, 2.45) is 16.4 Å². The minimum absolute atomic E-state index is 0.00535. The van der Waals surface area contributed by atoms with Gasteiger partial charge in [0.05, 0.1) is 17.7 Å². The SMILES string of the molecule is CC=CC1=NNC2CC(C)(C)CC(=O)C12. The molecule has 3 nitrogen and oxygen atoms in total. The van der Waals surface area contributed by atoms with E-state index in [0.29, 0.717) is 12.2 Å². The van der Waals surface area contributed by atoms with Gasteiger partial charge in [0.15, 0.2) is 0 Å². The molecule has 2 rings (SSSR count). The molecule has 1 saturated carbocycles. The average Bonchev–Trinajstić information content (AvgIpc) is 2.46. The second-order valence-corrected chi connectivity index (χ2v) is 5.26. The maximum absolute atomic E-state index is 12.0. The lowest BCUT2D eigenvalue weighted by Crippen LogP contribution is -2.45. The number of fused-ring (bicyclic) bond motifs is 1. The van der Waals surface area contributed by atoms with Gasteiger partial charge in [0.1, 0.15) is 5.78 Å². The fourth-order valence-corrected chi connectivity index (χ4v) is 2.62. The smallest absolute Gasteiger partial charge is 0.144 e. The highest BCUT2D eigenvalue weighted by Gasteiger charge is 2.44. The summed E-state index contributed by atoms with van der Waals surface area (Å²) in [6.45, 7) is 6.25. The third-order valence-corrected chi connectivity index (χ3v) is 3.19. The number of carbonyl (C=O) groups is 1. The predicted octanol–water partition coefficient (Wildman–Crippen LogP) is 1.90. The first kappa shape index (κ1) is 10.4. The van der Waals surface area contributed by atoms with Crippen LogP contribution < -0.4 is 5.43 Å². The topological polar surface area (TPSA) is 41.5 Å². The van der Waals surface area contributed by atoms with Crippen LogP contribution in [0.4, 0.5) is 0 Å². The molecule has 1 aliphatic heterocycles. The van der Waals surface area contributed by atoms with Gasteiger partial charge in [-0.05, 0) is 24.8 Å². The van der Waals surface area contributed by atoms with Gasteiger partial charge >= 0.3 is 0 Å². The molecule has 0 aromatic carbocycles. The third kappa shape index (κ3) is 1.83. The molecule has 0 spiro atoms. The number of nitrogens with zero attached hydrogens (tertiary/aromatic N) is 1. The van der Waals surface area contributed by atoms with Crippen LogP contribution in [0.5, 0.6) is 0 Å². The first-order chi connectivity index (χ1) is 7.03. The highest BCUT2D eigenvalue weighted by Crippen LogP contribution is 2.38. The third-order valence-electron chi connectivity index (χ3n) is 3.19. The summed E-state index contributed by atoms with van der Waals surface area (Å²) < 4.78 is 0. The number of ketones is 1. The zero-order chi connectivity index (χ0) is 11.1. The highest BCUT2D eigenvalue weighted by molar-refractivity contribution is 6.12. The van der Waals surface area contributed by atoms with Crippen LogP contribution in [0.2, 0.25) is 0 Å². The number of hydrogen-bond donors (Lipinski definition) is 1. The highest BCUT2D eigenvalue weighted by atomic mass is 16.1.